The summed E-state index contributed by atoms with van der Waals surface area (Å²) >= 11 is 0. The van der Waals surface area contributed by atoms with Crippen LogP contribution in [0, 0.1) is 17.5 Å². The monoisotopic (exact) mass is 302 g/mol. The van der Waals surface area contributed by atoms with Crippen molar-refractivity contribution in [3.05, 3.63) is 53.8 Å². The first kappa shape index (κ1) is 14.2. The van der Waals surface area contributed by atoms with E-state index in [1.165, 1.54) is 0 Å². The second kappa shape index (κ2) is 5.04. The zero-order valence-corrected chi connectivity index (χ0v) is 10.7. The Labute approximate surface area is 113 Å². The number of nitrogens with two attached hydrogens (primary N) is 1. The van der Waals surface area contributed by atoms with Crippen molar-refractivity contribution in [1.82, 2.24) is 0 Å². The van der Waals surface area contributed by atoms with Gasteiger partial charge < -0.3 is 5.73 Å². The van der Waals surface area contributed by atoms with E-state index in [0.717, 1.165) is 18.2 Å². The fraction of sp³-hybridized carbons (Fsp3) is 0. The van der Waals surface area contributed by atoms with Crippen LogP contribution in [0.25, 0.3) is 0 Å². The summed E-state index contributed by atoms with van der Waals surface area (Å²) in [6.45, 7) is 0. The van der Waals surface area contributed by atoms with Gasteiger partial charge in [-0.15, -0.1) is 0 Å². The Balaban J connectivity index is 2.37. The molecule has 0 spiro atoms. The van der Waals surface area contributed by atoms with E-state index in [1.807, 2.05) is 4.72 Å². The third-order valence-electron chi connectivity index (χ3n) is 2.39. The van der Waals surface area contributed by atoms with Crippen molar-refractivity contribution >= 4 is 21.4 Å². The van der Waals surface area contributed by atoms with E-state index in [0.29, 0.717) is 18.2 Å². The molecule has 0 saturated heterocycles. The summed E-state index contributed by atoms with van der Waals surface area (Å²) < 4.78 is 64.9. The molecule has 0 unspecified atom stereocenters. The standard InChI is InChI=1S/C12H9F3N2O2S/c13-7-3-8(14)5-10(4-7)20(18,19)17-9-1-2-11(15)12(16)6-9/h1-6,17H,16H2. The van der Waals surface area contributed by atoms with E-state index >= 15 is 0 Å². The van der Waals surface area contributed by atoms with Gasteiger partial charge in [0, 0.05) is 6.07 Å². The van der Waals surface area contributed by atoms with Crippen molar-refractivity contribution in [2.45, 2.75) is 4.90 Å². The largest absolute Gasteiger partial charge is 0.396 e. The van der Waals surface area contributed by atoms with E-state index in [-0.39, 0.29) is 11.4 Å². The Hall–Kier alpha value is -2.22. The van der Waals surface area contributed by atoms with Gasteiger partial charge in [-0.1, -0.05) is 0 Å². The van der Waals surface area contributed by atoms with E-state index < -0.39 is 32.4 Å². The highest BCUT2D eigenvalue weighted by Gasteiger charge is 2.17. The van der Waals surface area contributed by atoms with Crippen LogP contribution in [0.1, 0.15) is 0 Å². The minimum Gasteiger partial charge on any atom is -0.396 e. The highest BCUT2D eigenvalue weighted by atomic mass is 32.2. The zero-order valence-electron chi connectivity index (χ0n) is 9.90. The first-order chi connectivity index (χ1) is 9.28. The fourth-order valence-corrected chi connectivity index (χ4v) is 2.60. The molecule has 0 fully saturated rings. The lowest BCUT2D eigenvalue weighted by Gasteiger charge is -2.09. The van der Waals surface area contributed by atoms with Crippen molar-refractivity contribution in [1.29, 1.82) is 0 Å². The normalized spacial score (nSPS) is 11.3. The molecule has 0 aliphatic heterocycles. The molecule has 0 atom stereocenters. The molecule has 3 N–H and O–H groups in total. The first-order valence-electron chi connectivity index (χ1n) is 5.32. The third kappa shape index (κ3) is 3.02. The number of anilines is 2. The smallest absolute Gasteiger partial charge is 0.262 e. The molecule has 0 radical (unpaired) electrons. The van der Waals surface area contributed by atoms with Gasteiger partial charge in [-0.25, -0.2) is 21.6 Å². The van der Waals surface area contributed by atoms with Crippen LogP contribution in [0.4, 0.5) is 24.5 Å². The lowest BCUT2D eigenvalue weighted by Crippen LogP contribution is -2.13. The van der Waals surface area contributed by atoms with Crippen molar-refractivity contribution in [2.75, 3.05) is 10.5 Å². The summed E-state index contributed by atoms with van der Waals surface area (Å²) in [5, 5.41) is 0. The van der Waals surface area contributed by atoms with Crippen LogP contribution in [-0.2, 0) is 10.0 Å². The highest BCUT2D eigenvalue weighted by Crippen LogP contribution is 2.21. The van der Waals surface area contributed by atoms with Crippen molar-refractivity contribution in [3.8, 4) is 0 Å². The second-order valence-corrected chi connectivity index (χ2v) is 5.63. The van der Waals surface area contributed by atoms with Crippen LogP contribution in [0.5, 0.6) is 0 Å². The number of benzene rings is 2. The van der Waals surface area contributed by atoms with Crippen LogP contribution < -0.4 is 10.5 Å². The minimum atomic E-state index is -4.20. The quantitative estimate of drug-likeness (QED) is 0.856. The Bertz CT molecular complexity index is 743. The Morgan fingerprint density at radius 2 is 1.55 bits per heavy atom. The van der Waals surface area contributed by atoms with Gasteiger partial charge in [0.1, 0.15) is 17.5 Å². The number of sulfonamides is 1. The number of halogens is 3. The topological polar surface area (TPSA) is 72.2 Å². The predicted molar refractivity (Wildman–Crippen MR) is 68.0 cm³/mol. The molecule has 0 saturated carbocycles. The summed E-state index contributed by atoms with van der Waals surface area (Å²) in [5.74, 6) is -2.75. The van der Waals surface area contributed by atoms with Crippen LogP contribution in [0.15, 0.2) is 41.3 Å². The summed E-state index contributed by atoms with van der Waals surface area (Å²) in [6, 6.07) is 5.05. The van der Waals surface area contributed by atoms with Crippen molar-refractivity contribution in [3.63, 3.8) is 0 Å². The van der Waals surface area contributed by atoms with E-state index in [4.69, 9.17) is 5.73 Å². The summed E-state index contributed by atoms with van der Waals surface area (Å²) in [7, 11) is -4.20. The molecule has 0 bridgehead atoms. The Morgan fingerprint density at radius 3 is 2.10 bits per heavy atom. The average Bonchev–Trinajstić information content (AvgIpc) is 2.32. The maximum atomic E-state index is 13.0. The third-order valence-corrected chi connectivity index (χ3v) is 3.76. The summed E-state index contributed by atoms with van der Waals surface area (Å²) in [6.07, 6.45) is 0. The molecule has 0 amide bonds. The van der Waals surface area contributed by atoms with E-state index in [2.05, 4.69) is 0 Å². The van der Waals surface area contributed by atoms with Gasteiger partial charge in [0.25, 0.3) is 10.0 Å². The van der Waals surface area contributed by atoms with Crippen molar-refractivity contribution < 1.29 is 21.6 Å². The number of rotatable bonds is 3. The molecule has 0 aromatic heterocycles. The molecule has 2 rings (SSSR count). The molecule has 4 nitrogen and oxygen atoms in total. The van der Waals surface area contributed by atoms with Gasteiger partial charge in [0.05, 0.1) is 16.3 Å². The molecule has 106 valence electrons. The summed E-state index contributed by atoms with van der Waals surface area (Å²) in [4.78, 5) is -0.585. The predicted octanol–water partition coefficient (Wildman–Crippen LogP) is 2.49. The molecule has 2 aromatic rings. The fourth-order valence-electron chi connectivity index (χ4n) is 1.50. The molecule has 8 heteroatoms. The number of nitrogens with one attached hydrogen (secondary N) is 1. The van der Waals surface area contributed by atoms with Crippen LogP contribution in [-0.4, -0.2) is 8.42 Å². The maximum Gasteiger partial charge on any atom is 0.262 e. The molecule has 2 aromatic carbocycles. The molecule has 20 heavy (non-hydrogen) atoms. The molecule has 0 heterocycles. The van der Waals surface area contributed by atoms with Crippen LogP contribution in [0.2, 0.25) is 0 Å². The molecule has 0 aliphatic rings. The van der Waals surface area contributed by atoms with E-state index in [1.54, 1.807) is 0 Å². The maximum absolute atomic E-state index is 13.0. The first-order valence-corrected chi connectivity index (χ1v) is 6.80. The average molecular weight is 302 g/mol. The minimum absolute atomic E-state index is 0.0198. The molecular formula is C12H9F3N2O2S. The number of nitrogen functional groups attached to an aromatic ring is 1. The van der Waals surface area contributed by atoms with Gasteiger partial charge in [0.15, 0.2) is 0 Å². The lowest BCUT2D eigenvalue weighted by atomic mass is 10.3. The van der Waals surface area contributed by atoms with Gasteiger partial charge in [-0.05, 0) is 30.3 Å². The van der Waals surface area contributed by atoms with Gasteiger partial charge in [-0.3, -0.25) is 4.72 Å². The number of hydrogen-bond donors (Lipinski definition) is 2. The van der Waals surface area contributed by atoms with Crippen molar-refractivity contribution in [2.24, 2.45) is 0 Å². The van der Waals surface area contributed by atoms with Gasteiger partial charge >= 0.3 is 0 Å². The Morgan fingerprint density at radius 1 is 0.950 bits per heavy atom. The van der Waals surface area contributed by atoms with Gasteiger partial charge in [0.2, 0.25) is 0 Å². The zero-order chi connectivity index (χ0) is 14.9. The Kier molecular flexibility index (Phi) is 3.58. The lowest BCUT2D eigenvalue weighted by molar-refractivity contribution is 0.568. The number of hydrogen-bond acceptors (Lipinski definition) is 3. The molecular weight excluding hydrogens is 293 g/mol. The SMILES string of the molecule is Nc1cc(NS(=O)(=O)c2cc(F)cc(F)c2)ccc1F. The molecule has 0 aliphatic carbocycles. The second-order valence-electron chi connectivity index (χ2n) is 3.95. The highest BCUT2D eigenvalue weighted by molar-refractivity contribution is 7.92. The summed E-state index contributed by atoms with van der Waals surface area (Å²) in [5.41, 5.74) is 5.02. The van der Waals surface area contributed by atoms with Crippen LogP contribution in [0.3, 0.4) is 0 Å². The van der Waals surface area contributed by atoms with E-state index in [9.17, 15) is 21.6 Å². The van der Waals surface area contributed by atoms with Gasteiger partial charge in [-0.2, -0.15) is 0 Å². The van der Waals surface area contributed by atoms with Crippen LogP contribution >= 0.6 is 0 Å².